The van der Waals surface area contributed by atoms with E-state index >= 15 is 0 Å². The van der Waals surface area contributed by atoms with Crippen LogP contribution in [0.25, 0.3) is 0 Å². The van der Waals surface area contributed by atoms with Gasteiger partial charge in [0.05, 0.1) is 12.1 Å². The molecule has 2 amide bonds. The molecule has 0 radical (unpaired) electrons. The van der Waals surface area contributed by atoms with Gasteiger partial charge in [-0.15, -0.1) is 0 Å². The molecule has 2 aromatic rings. The second kappa shape index (κ2) is 13.1. The molecule has 0 aliphatic carbocycles. The first-order chi connectivity index (χ1) is 16.0. The van der Waals surface area contributed by atoms with Crippen LogP contribution in [0.4, 0.5) is 4.79 Å². The van der Waals surface area contributed by atoms with Gasteiger partial charge in [0, 0.05) is 24.9 Å². The summed E-state index contributed by atoms with van der Waals surface area (Å²) in [6.07, 6.45) is 3.32. The van der Waals surface area contributed by atoms with Crippen molar-refractivity contribution in [2.24, 2.45) is 11.8 Å². The number of nitrogens with zero attached hydrogens (tertiary/aromatic N) is 1. The van der Waals surface area contributed by atoms with Gasteiger partial charge in [-0.2, -0.15) is 0 Å². The zero-order valence-electron chi connectivity index (χ0n) is 21.0. The van der Waals surface area contributed by atoms with E-state index in [2.05, 4.69) is 15.6 Å². The number of benzene rings is 1. The summed E-state index contributed by atoms with van der Waals surface area (Å²) in [4.78, 5) is 29.5. The summed E-state index contributed by atoms with van der Waals surface area (Å²) in [5.41, 5.74) is 1.37. The number of amides is 2. The van der Waals surface area contributed by atoms with Crippen LogP contribution in [0.15, 0.2) is 54.9 Å². The van der Waals surface area contributed by atoms with Crippen LogP contribution in [-0.4, -0.2) is 46.4 Å². The zero-order chi connectivity index (χ0) is 25.1. The van der Waals surface area contributed by atoms with Gasteiger partial charge in [-0.25, -0.2) is 4.79 Å². The normalized spacial score (nSPS) is 14.2. The average molecular weight is 470 g/mol. The fourth-order valence-electron chi connectivity index (χ4n) is 3.72. The summed E-state index contributed by atoms with van der Waals surface area (Å²) in [5, 5.41) is 16.9. The van der Waals surface area contributed by atoms with E-state index in [1.54, 1.807) is 33.2 Å². The lowest BCUT2D eigenvalue weighted by Gasteiger charge is -2.30. The average Bonchev–Trinajstić information content (AvgIpc) is 2.76. The van der Waals surface area contributed by atoms with Gasteiger partial charge in [0.2, 0.25) is 5.91 Å². The molecule has 0 aliphatic heterocycles. The number of aliphatic hydroxyl groups excluding tert-OH is 1. The largest absolute Gasteiger partial charge is 0.444 e. The van der Waals surface area contributed by atoms with Crippen LogP contribution in [0.1, 0.15) is 52.2 Å². The van der Waals surface area contributed by atoms with E-state index in [-0.39, 0.29) is 18.2 Å². The number of nitrogens with one attached hydrogen (secondary N) is 2. The molecule has 0 aliphatic rings. The molecule has 7 heteroatoms. The van der Waals surface area contributed by atoms with Gasteiger partial charge in [0.15, 0.2) is 0 Å². The van der Waals surface area contributed by atoms with Crippen LogP contribution in [0, 0.1) is 11.8 Å². The Labute approximate surface area is 203 Å². The number of carbonyl (C=O) groups is 2. The minimum Gasteiger partial charge on any atom is -0.444 e. The number of aliphatic hydroxyl groups is 1. The lowest BCUT2D eigenvalue weighted by Crippen LogP contribution is -2.48. The summed E-state index contributed by atoms with van der Waals surface area (Å²) >= 11 is 0. The molecule has 186 valence electrons. The number of pyridine rings is 1. The Balaban J connectivity index is 2.04. The summed E-state index contributed by atoms with van der Waals surface area (Å²) in [5.74, 6) is -0.483. The maximum atomic E-state index is 13.0. The van der Waals surface area contributed by atoms with Gasteiger partial charge in [0.1, 0.15) is 5.60 Å². The van der Waals surface area contributed by atoms with Crippen LogP contribution in [0.5, 0.6) is 0 Å². The van der Waals surface area contributed by atoms with E-state index in [0.717, 1.165) is 11.1 Å². The molecule has 0 fully saturated rings. The number of hydrogen-bond acceptors (Lipinski definition) is 5. The predicted molar refractivity (Wildman–Crippen MR) is 133 cm³/mol. The Kier molecular flexibility index (Phi) is 10.5. The number of hydrogen-bond donors (Lipinski definition) is 3. The fraction of sp³-hybridized carbons (Fsp3) is 0.519. The molecule has 1 aromatic carbocycles. The Morgan fingerprint density at radius 2 is 1.74 bits per heavy atom. The highest BCUT2D eigenvalue weighted by Crippen LogP contribution is 2.21. The van der Waals surface area contributed by atoms with Crippen LogP contribution >= 0.6 is 0 Å². The summed E-state index contributed by atoms with van der Waals surface area (Å²) in [7, 11) is 0. The minimum absolute atomic E-state index is 0.0203. The molecule has 7 nitrogen and oxygen atoms in total. The number of alkyl carbamates (subject to hydrolysis) is 1. The Morgan fingerprint density at radius 3 is 2.32 bits per heavy atom. The minimum atomic E-state index is -0.927. The maximum Gasteiger partial charge on any atom is 0.407 e. The molecule has 0 unspecified atom stereocenters. The van der Waals surface area contributed by atoms with E-state index in [4.69, 9.17) is 4.74 Å². The van der Waals surface area contributed by atoms with E-state index in [1.807, 2.05) is 56.3 Å². The lowest BCUT2D eigenvalue weighted by molar-refractivity contribution is -0.127. The van der Waals surface area contributed by atoms with Crippen molar-refractivity contribution in [1.29, 1.82) is 0 Å². The summed E-state index contributed by atoms with van der Waals surface area (Å²) < 4.78 is 5.41. The van der Waals surface area contributed by atoms with E-state index in [1.165, 1.54) is 0 Å². The molecule has 0 saturated heterocycles. The Morgan fingerprint density at radius 1 is 1.06 bits per heavy atom. The third kappa shape index (κ3) is 9.91. The molecule has 0 saturated carbocycles. The summed E-state index contributed by atoms with van der Waals surface area (Å²) in [6.45, 7) is 9.80. The second-order valence-electron chi connectivity index (χ2n) is 10.00. The van der Waals surface area contributed by atoms with Gasteiger partial charge in [-0.3, -0.25) is 9.78 Å². The highest BCUT2D eigenvalue weighted by atomic mass is 16.6. The number of rotatable bonds is 11. The SMILES string of the molecule is CC(C)[C@H](C[C@H](O)[C@H](Cc1ccccc1)NC(=O)OC(C)(C)C)C(=O)NCCc1cccnc1. The molecule has 1 aromatic heterocycles. The molecule has 0 spiro atoms. The molecule has 34 heavy (non-hydrogen) atoms. The molecule has 1 heterocycles. The van der Waals surface area contributed by atoms with Crippen LogP contribution in [-0.2, 0) is 22.4 Å². The van der Waals surface area contributed by atoms with Gasteiger partial charge in [-0.05, 0) is 63.1 Å². The first-order valence-electron chi connectivity index (χ1n) is 11.9. The molecule has 3 atom stereocenters. The van der Waals surface area contributed by atoms with E-state index in [0.29, 0.717) is 19.4 Å². The third-order valence-corrected chi connectivity index (χ3v) is 5.54. The molecular formula is C27H39N3O4. The number of carbonyl (C=O) groups excluding carboxylic acids is 2. The van der Waals surface area contributed by atoms with Crippen molar-refractivity contribution in [1.82, 2.24) is 15.6 Å². The zero-order valence-corrected chi connectivity index (χ0v) is 21.0. The van der Waals surface area contributed by atoms with Gasteiger partial charge in [-0.1, -0.05) is 50.2 Å². The highest BCUT2D eigenvalue weighted by Gasteiger charge is 2.31. The van der Waals surface area contributed by atoms with Crippen LogP contribution in [0.2, 0.25) is 0 Å². The Hall–Kier alpha value is -2.93. The molecule has 3 N–H and O–H groups in total. The van der Waals surface area contributed by atoms with Crippen molar-refractivity contribution in [3.05, 3.63) is 66.0 Å². The topological polar surface area (TPSA) is 101 Å². The van der Waals surface area contributed by atoms with Gasteiger partial charge in [0.25, 0.3) is 0 Å². The van der Waals surface area contributed by atoms with Crippen molar-refractivity contribution in [3.8, 4) is 0 Å². The van der Waals surface area contributed by atoms with Crippen molar-refractivity contribution in [2.45, 2.75) is 71.6 Å². The molecular weight excluding hydrogens is 430 g/mol. The predicted octanol–water partition coefficient (Wildman–Crippen LogP) is 3.90. The fourth-order valence-corrected chi connectivity index (χ4v) is 3.72. The summed E-state index contributed by atoms with van der Waals surface area (Å²) in [6, 6.07) is 12.9. The first-order valence-corrected chi connectivity index (χ1v) is 11.9. The monoisotopic (exact) mass is 469 g/mol. The second-order valence-corrected chi connectivity index (χ2v) is 10.00. The molecule has 2 rings (SSSR count). The smallest absolute Gasteiger partial charge is 0.407 e. The molecule has 0 bridgehead atoms. The van der Waals surface area contributed by atoms with Gasteiger partial charge >= 0.3 is 6.09 Å². The lowest BCUT2D eigenvalue weighted by atomic mass is 9.86. The van der Waals surface area contributed by atoms with Crippen LogP contribution < -0.4 is 10.6 Å². The maximum absolute atomic E-state index is 13.0. The van der Waals surface area contributed by atoms with Crippen molar-refractivity contribution >= 4 is 12.0 Å². The van der Waals surface area contributed by atoms with Gasteiger partial charge < -0.3 is 20.5 Å². The van der Waals surface area contributed by atoms with Crippen molar-refractivity contribution in [3.63, 3.8) is 0 Å². The van der Waals surface area contributed by atoms with Crippen LogP contribution in [0.3, 0.4) is 0 Å². The van der Waals surface area contributed by atoms with E-state index in [9.17, 15) is 14.7 Å². The highest BCUT2D eigenvalue weighted by molar-refractivity contribution is 5.79. The third-order valence-electron chi connectivity index (χ3n) is 5.54. The van der Waals surface area contributed by atoms with Crippen molar-refractivity contribution in [2.75, 3.05) is 6.54 Å². The standard InChI is InChI=1S/C27H39N3O4/c1-19(2)22(25(32)29-15-13-21-12-9-14-28-18-21)17-24(31)23(16-20-10-7-6-8-11-20)30-26(33)34-27(3,4)5/h6-12,14,18-19,22-24,31H,13,15-17H2,1-5H3,(H,29,32)(H,30,33)/t22-,23-,24-/m0/s1. The quantitative estimate of drug-likeness (QED) is 0.463. The first kappa shape index (κ1) is 27.3. The number of ether oxygens (including phenoxy) is 1. The number of aromatic nitrogens is 1. The van der Waals surface area contributed by atoms with E-state index < -0.39 is 29.8 Å². The Bertz CT molecular complexity index is 882. The van der Waals surface area contributed by atoms with Crippen molar-refractivity contribution < 1.29 is 19.4 Å².